The fourth-order valence-electron chi connectivity index (χ4n) is 1.96. The van der Waals surface area contributed by atoms with Gasteiger partial charge >= 0.3 is 8.80 Å². The molecular formula is C12H29NO7Si. The van der Waals surface area contributed by atoms with Crippen LogP contribution in [0.2, 0.25) is 6.04 Å². The van der Waals surface area contributed by atoms with Crippen molar-refractivity contribution in [3.05, 3.63) is 0 Å². The van der Waals surface area contributed by atoms with E-state index in [1.165, 1.54) is 14.2 Å². The molecule has 21 heavy (non-hydrogen) atoms. The van der Waals surface area contributed by atoms with Crippen molar-refractivity contribution < 1.29 is 33.7 Å². The van der Waals surface area contributed by atoms with E-state index in [0.717, 1.165) is 0 Å². The molecule has 0 spiro atoms. The van der Waals surface area contributed by atoms with Crippen LogP contribution >= 0.6 is 0 Å². The molecule has 9 heteroatoms. The van der Waals surface area contributed by atoms with Crippen LogP contribution in [-0.2, 0) is 13.3 Å². The lowest BCUT2D eigenvalue weighted by Crippen LogP contribution is -2.48. The molecule has 0 aromatic carbocycles. The third-order valence-corrected chi connectivity index (χ3v) is 6.05. The van der Waals surface area contributed by atoms with Crippen LogP contribution in [-0.4, -0.2) is 81.5 Å². The number of aliphatic hydroxyl groups excluding tert-OH is 4. The molecule has 0 aromatic heterocycles. The Morgan fingerprint density at radius 3 is 1.81 bits per heavy atom. The summed E-state index contributed by atoms with van der Waals surface area (Å²) in [6.07, 6.45) is -1.67. The summed E-state index contributed by atoms with van der Waals surface area (Å²) in [4.78, 5) is 0. The summed E-state index contributed by atoms with van der Waals surface area (Å²) in [6.45, 7) is -0.354. The Kier molecular flexibility index (Phi) is 11.4. The van der Waals surface area contributed by atoms with Crippen LogP contribution < -0.4 is 5.73 Å². The van der Waals surface area contributed by atoms with E-state index >= 15 is 0 Å². The second-order valence-corrected chi connectivity index (χ2v) is 7.79. The molecule has 0 amide bonds. The van der Waals surface area contributed by atoms with E-state index < -0.39 is 40.3 Å². The number of hydrogen-bond acceptors (Lipinski definition) is 8. The first-order valence-corrected chi connectivity index (χ1v) is 8.96. The van der Waals surface area contributed by atoms with Crippen molar-refractivity contribution in [2.24, 2.45) is 5.73 Å². The lowest BCUT2D eigenvalue weighted by Gasteiger charge is -2.32. The fraction of sp³-hybridized carbons (Fsp3) is 1.00. The maximum absolute atomic E-state index is 9.57. The molecule has 0 saturated carbocycles. The summed E-state index contributed by atoms with van der Waals surface area (Å²) in [6, 6.07) is 0.511. The number of rotatable bonds is 13. The monoisotopic (exact) mass is 327 g/mol. The Balaban J connectivity index is 4.84. The first-order valence-electron chi connectivity index (χ1n) is 7.02. The Morgan fingerprint density at radius 1 is 1.00 bits per heavy atom. The highest BCUT2D eigenvalue weighted by Gasteiger charge is 2.41. The van der Waals surface area contributed by atoms with Gasteiger partial charge in [-0.3, -0.25) is 0 Å². The molecule has 2 unspecified atom stereocenters. The van der Waals surface area contributed by atoms with Crippen molar-refractivity contribution in [2.75, 3.05) is 34.0 Å². The second-order valence-electron chi connectivity index (χ2n) is 4.87. The van der Waals surface area contributed by atoms with E-state index in [1.54, 1.807) is 0 Å². The molecule has 0 aliphatic rings. The van der Waals surface area contributed by atoms with Gasteiger partial charge < -0.3 is 39.4 Å². The lowest BCUT2D eigenvalue weighted by atomic mass is 10.1. The topological polar surface area (TPSA) is 135 Å². The van der Waals surface area contributed by atoms with Crippen LogP contribution in [0.1, 0.15) is 19.3 Å². The molecular weight excluding hydrogens is 298 g/mol. The Morgan fingerprint density at radius 2 is 1.48 bits per heavy atom. The largest absolute Gasteiger partial charge is 0.500 e. The van der Waals surface area contributed by atoms with E-state index in [-0.39, 0.29) is 12.8 Å². The van der Waals surface area contributed by atoms with Crippen LogP contribution in [0, 0.1) is 0 Å². The van der Waals surface area contributed by atoms with Crippen molar-refractivity contribution in [1.29, 1.82) is 0 Å². The first-order chi connectivity index (χ1) is 9.96. The van der Waals surface area contributed by atoms with Crippen molar-refractivity contribution in [2.45, 2.75) is 43.6 Å². The number of nitrogens with two attached hydrogens (primary N) is 1. The maximum Gasteiger partial charge on any atom is 0.500 e. The zero-order valence-electron chi connectivity index (χ0n) is 12.8. The Labute approximate surface area is 126 Å². The molecule has 128 valence electrons. The Hall–Kier alpha value is -0.103. The molecule has 0 radical (unpaired) electrons. The van der Waals surface area contributed by atoms with E-state index in [9.17, 15) is 10.2 Å². The summed E-state index contributed by atoms with van der Waals surface area (Å²) in [5, 5.41) is 37.0. The minimum absolute atomic E-state index is 0.109. The summed E-state index contributed by atoms with van der Waals surface area (Å²) in [5.74, 6) is 0. The predicted octanol–water partition coefficient (Wildman–Crippen LogP) is -1.56. The second kappa shape index (κ2) is 11.5. The zero-order valence-corrected chi connectivity index (χ0v) is 13.8. The molecule has 0 heterocycles. The van der Waals surface area contributed by atoms with Crippen LogP contribution in [0.25, 0.3) is 0 Å². The smallest absolute Gasteiger partial charge is 0.394 e. The molecule has 2 atom stereocenters. The minimum Gasteiger partial charge on any atom is -0.394 e. The van der Waals surface area contributed by atoms with Gasteiger partial charge in [0.05, 0.1) is 31.5 Å². The van der Waals surface area contributed by atoms with Gasteiger partial charge in [-0.15, -0.1) is 0 Å². The molecule has 6 N–H and O–H groups in total. The molecule has 0 aliphatic carbocycles. The van der Waals surface area contributed by atoms with E-state index in [1.807, 2.05) is 0 Å². The molecule has 0 bridgehead atoms. The standard InChI is InChI=1S/C12H29NO7Si/c1-18-21(19-2,5-3-4-13)20-12(6-10(16)8-14)7-11(17)9-15/h10-12,14-17H,3-9,13H2,1-2H3. The van der Waals surface area contributed by atoms with Crippen LogP contribution in [0.4, 0.5) is 0 Å². The van der Waals surface area contributed by atoms with Gasteiger partial charge in [-0.25, -0.2) is 0 Å². The third-order valence-electron chi connectivity index (χ3n) is 3.15. The highest BCUT2D eigenvalue weighted by molar-refractivity contribution is 6.60. The third kappa shape index (κ3) is 8.19. The van der Waals surface area contributed by atoms with Gasteiger partial charge in [0.2, 0.25) is 0 Å². The molecule has 0 aromatic rings. The summed E-state index contributed by atoms with van der Waals surface area (Å²) in [5.41, 5.74) is 5.49. The van der Waals surface area contributed by atoms with Gasteiger partial charge in [-0.1, -0.05) is 0 Å². The summed E-state index contributed by atoms with van der Waals surface area (Å²) in [7, 11) is 0.00864. The van der Waals surface area contributed by atoms with Crippen molar-refractivity contribution >= 4 is 8.80 Å². The molecule has 0 aliphatic heterocycles. The molecule has 0 rings (SSSR count). The zero-order chi connectivity index (χ0) is 16.3. The van der Waals surface area contributed by atoms with E-state index in [4.69, 9.17) is 29.2 Å². The summed E-state index contributed by atoms with van der Waals surface area (Å²) < 4.78 is 16.7. The lowest BCUT2D eigenvalue weighted by molar-refractivity contribution is -0.0186. The number of aliphatic hydroxyl groups is 4. The quantitative estimate of drug-likeness (QED) is 0.256. The van der Waals surface area contributed by atoms with Crippen LogP contribution in [0.5, 0.6) is 0 Å². The van der Waals surface area contributed by atoms with Gasteiger partial charge in [0.1, 0.15) is 0 Å². The molecule has 8 nitrogen and oxygen atoms in total. The van der Waals surface area contributed by atoms with Crippen molar-refractivity contribution in [3.63, 3.8) is 0 Å². The highest BCUT2D eigenvalue weighted by Crippen LogP contribution is 2.22. The predicted molar refractivity (Wildman–Crippen MR) is 78.5 cm³/mol. The Bertz CT molecular complexity index is 244. The minimum atomic E-state index is -2.95. The van der Waals surface area contributed by atoms with Crippen LogP contribution in [0.3, 0.4) is 0 Å². The normalized spacial score (nSPS) is 16.7. The van der Waals surface area contributed by atoms with Crippen molar-refractivity contribution in [3.8, 4) is 0 Å². The van der Waals surface area contributed by atoms with Gasteiger partial charge in [-0.2, -0.15) is 0 Å². The van der Waals surface area contributed by atoms with Gasteiger partial charge in [0.15, 0.2) is 0 Å². The SMILES string of the molecule is CO[Si](CCCN)(OC)OC(CC(O)CO)CC(O)CO. The van der Waals surface area contributed by atoms with E-state index in [2.05, 4.69) is 0 Å². The first kappa shape index (κ1) is 20.9. The number of hydrogen-bond donors (Lipinski definition) is 5. The maximum atomic E-state index is 9.57. The van der Waals surface area contributed by atoms with Crippen molar-refractivity contribution in [1.82, 2.24) is 0 Å². The average Bonchev–Trinajstić information content (AvgIpc) is 2.50. The highest BCUT2D eigenvalue weighted by atomic mass is 28.4. The van der Waals surface area contributed by atoms with Crippen LogP contribution in [0.15, 0.2) is 0 Å². The molecule has 0 fully saturated rings. The summed E-state index contributed by atoms with van der Waals surface area (Å²) >= 11 is 0. The van der Waals surface area contributed by atoms with Gasteiger partial charge in [-0.05, 0) is 13.0 Å². The fourth-order valence-corrected chi connectivity index (χ4v) is 4.19. The average molecular weight is 327 g/mol. The van der Waals surface area contributed by atoms with Gasteiger partial charge in [0.25, 0.3) is 0 Å². The molecule has 0 saturated heterocycles. The van der Waals surface area contributed by atoms with E-state index in [0.29, 0.717) is 19.0 Å². The van der Waals surface area contributed by atoms with Gasteiger partial charge in [0, 0.05) is 33.1 Å².